The Balaban J connectivity index is 3.66. The highest BCUT2D eigenvalue weighted by molar-refractivity contribution is 5.83. The monoisotopic (exact) mass is 389 g/mol. The van der Waals surface area contributed by atoms with Crippen LogP contribution < -0.4 is 5.32 Å². The van der Waals surface area contributed by atoms with Crippen molar-refractivity contribution in [1.82, 2.24) is 5.32 Å². The normalized spacial score (nSPS) is 13.5. The molecule has 5 heteroatoms. The molecule has 0 aromatic carbocycles. The fourth-order valence-corrected chi connectivity index (χ4v) is 2.20. The number of allylic oxidation sites excluding steroid dienone is 10. The molecule has 1 atom stereocenters. The number of carbonyl (C=O) groups is 2. The number of amides is 1. The molecule has 3 N–H and O–H groups in total. The van der Waals surface area contributed by atoms with Crippen molar-refractivity contribution in [3.63, 3.8) is 0 Å². The Morgan fingerprint density at radius 3 is 1.71 bits per heavy atom. The summed E-state index contributed by atoms with van der Waals surface area (Å²) in [6.45, 7) is 1.53. The van der Waals surface area contributed by atoms with Gasteiger partial charge >= 0.3 is 5.97 Å². The molecule has 156 valence electrons. The van der Waals surface area contributed by atoms with Crippen LogP contribution in [0, 0.1) is 0 Å². The van der Waals surface area contributed by atoms with Gasteiger partial charge < -0.3 is 15.5 Å². The predicted octanol–water partition coefficient (Wildman–Crippen LogP) is 4.47. The van der Waals surface area contributed by atoms with Gasteiger partial charge in [-0.15, -0.1) is 0 Å². The maximum absolute atomic E-state index is 11.5. The van der Waals surface area contributed by atoms with Crippen molar-refractivity contribution in [1.29, 1.82) is 0 Å². The Labute approximate surface area is 169 Å². The first-order chi connectivity index (χ1) is 13.6. The fourth-order valence-electron chi connectivity index (χ4n) is 2.20. The Bertz CT molecular complexity index is 559. The summed E-state index contributed by atoms with van der Waals surface area (Å²) < 4.78 is 0. The summed E-state index contributed by atoms with van der Waals surface area (Å²) in [7, 11) is 0. The maximum atomic E-state index is 11.5. The molecule has 0 fully saturated rings. The summed E-state index contributed by atoms with van der Waals surface area (Å²) in [5.74, 6) is -1.58. The van der Waals surface area contributed by atoms with Crippen LogP contribution >= 0.6 is 0 Å². The van der Waals surface area contributed by atoms with Crippen molar-refractivity contribution in [3.05, 3.63) is 60.8 Å². The molecule has 0 saturated carbocycles. The summed E-state index contributed by atoms with van der Waals surface area (Å²) in [6.07, 6.45) is 27.8. The van der Waals surface area contributed by atoms with Crippen molar-refractivity contribution >= 4 is 11.9 Å². The van der Waals surface area contributed by atoms with E-state index < -0.39 is 18.6 Å². The van der Waals surface area contributed by atoms with Crippen LogP contribution in [0.15, 0.2) is 60.8 Å². The van der Waals surface area contributed by atoms with Gasteiger partial charge in [0.15, 0.2) is 0 Å². The molecule has 0 bridgehead atoms. The van der Waals surface area contributed by atoms with E-state index in [4.69, 9.17) is 10.2 Å². The molecule has 28 heavy (non-hydrogen) atoms. The molecule has 0 unspecified atom stereocenters. The van der Waals surface area contributed by atoms with Gasteiger partial charge in [0.25, 0.3) is 0 Å². The number of nitrogens with one attached hydrogen (secondary N) is 1. The van der Waals surface area contributed by atoms with Crippen LogP contribution in [0.3, 0.4) is 0 Å². The number of carboxylic acids is 1. The smallest absolute Gasteiger partial charge is 0.328 e. The van der Waals surface area contributed by atoms with E-state index >= 15 is 0 Å². The van der Waals surface area contributed by atoms with E-state index in [9.17, 15) is 9.59 Å². The summed E-state index contributed by atoms with van der Waals surface area (Å²) >= 11 is 0. The molecule has 1 amide bonds. The lowest BCUT2D eigenvalue weighted by atomic mass is 10.2. The second-order valence-corrected chi connectivity index (χ2v) is 6.24. The van der Waals surface area contributed by atoms with Crippen LogP contribution in [0.1, 0.15) is 58.3 Å². The number of carbonyl (C=O) groups excluding carboxylic acids is 1. The van der Waals surface area contributed by atoms with Crippen LogP contribution in [0.2, 0.25) is 0 Å². The third kappa shape index (κ3) is 17.0. The van der Waals surface area contributed by atoms with Crippen LogP contribution in [0.4, 0.5) is 0 Å². The zero-order valence-electron chi connectivity index (χ0n) is 16.9. The van der Waals surface area contributed by atoms with Crippen molar-refractivity contribution in [2.45, 2.75) is 64.3 Å². The Morgan fingerprint density at radius 2 is 1.29 bits per heavy atom. The highest BCUT2D eigenvalue weighted by atomic mass is 16.4. The van der Waals surface area contributed by atoms with E-state index in [-0.39, 0.29) is 12.3 Å². The second kappa shape index (κ2) is 19.4. The topological polar surface area (TPSA) is 86.6 Å². The second-order valence-electron chi connectivity index (χ2n) is 6.24. The molecule has 0 heterocycles. The first-order valence-electron chi connectivity index (χ1n) is 9.99. The van der Waals surface area contributed by atoms with Gasteiger partial charge in [0, 0.05) is 6.42 Å². The van der Waals surface area contributed by atoms with Gasteiger partial charge in [-0.2, -0.15) is 0 Å². The molecule has 5 nitrogen and oxygen atoms in total. The first-order valence-corrected chi connectivity index (χ1v) is 9.99. The first kappa shape index (κ1) is 25.6. The Kier molecular flexibility index (Phi) is 17.7. The zero-order valence-corrected chi connectivity index (χ0v) is 16.9. The van der Waals surface area contributed by atoms with Crippen molar-refractivity contribution in [2.24, 2.45) is 0 Å². The van der Waals surface area contributed by atoms with Crippen LogP contribution in [-0.2, 0) is 9.59 Å². The average molecular weight is 390 g/mol. The molecule has 0 aromatic rings. The van der Waals surface area contributed by atoms with E-state index in [1.165, 1.54) is 0 Å². The molecule has 0 aliphatic rings. The standard InChI is InChI=1S/C23H35NO4/c1-2-3-4-5-6-7-8-9-10-11-12-13-14-15-16-17-18-19-22(26)24-21(20-25)23(27)28/h3-4,6-7,9-10,12-13,15-16,21,25H,2,5,8,11,14,17-20H2,1H3,(H,24,26)(H,27,28)/b4-3-,7-6-,10-9-,13-12-,16-15-/t21-/m0/s1. The molecular weight excluding hydrogens is 354 g/mol. The minimum atomic E-state index is -1.23. The van der Waals surface area contributed by atoms with E-state index in [0.717, 1.165) is 38.5 Å². The zero-order chi connectivity index (χ0) is 20.9. The van der Waals surface area contributed by atoms with E-state index in [2.05, 4.69) is 66.9 Å². The minimum Gasteiger partial charge on any atom is -0.480 e. The summed E-state index contributed by atoms with van der Waals surface area (Å²) in [6, 6.07) is -1.22. The number of rotatable bonds is 16. The van der Waals surface area contributed by atoms with Gasteiger partial charge in [-0.25, -0.2) is 4.79 Å². The fraction of sp³-hybridized carbons (Fsp3) is 0.478. The lowest BCUT2D eigenvalue weighted by molar-refractivity contribution is -0.142. The van der Waals surface area contributed by atoms with E-state index in [1.807, 2.05) is 6.08 Å². The predicted molar refractivity (Wildman–Crippen MR) is 115 cm³/mol. The van der Waals surface area contributed by atoms with Crippen molar-refractivity contribution in [3.8, 4) is 0 Å². The number of hydrogen-bond acceptors (Lipinski definition) is 3. The van der Waals surface area contributed by atoms with Gasteiger partial charge in [0.1, 0.15) is 6.04 Å². The molecule has 0 aromatic heterocycles. The number of aliphatic carboxylic acids is 1. The molecule has 0 saturated heterocycles. The van der Waals surface area contributed by atoms with Gasteiger partial charge in [-0.3, -0.25) is 4.79 Å². The van der Waals surface area contributed by atoms with Crippen molar-refractivity contribution in [2.75, 3.05) is 6.61 Å². The average Bonchev–Trinajstić information content (AvgIpc) is 2.68. The number of aliphatic hydroxyl groups excluding tert-OH is 1. The number of aliphatic hydroxyl groups is 1. The van der Waals surface area contributed by atoms with E-state index in [0.29, 0.717) is 6.42 Å². The summed E-state index contributed by atoms with van der Waals surface area (Å²) in [4.78, 5) is 22.2. The molecule has 0 aliphatic carbocycles. The Morgan fingerprint density at radius 1 is 0.821 bits per heavy atom. The number of hydrogen-bond donors (Lipinski definition) is 3. The molecule has 0 spiro atoms. The molecule has 0 aliphatic heterocycles. The number of carboxylic acid groups (broad SMARTS) is 1. The summed E-state index contributed by atoms with van der Waals surface area (Å²) in [5.41, 5.74) is 0. The van der Waals surface area contributed by atoms with Gasteiger partial charge in [0.05, 0.1) is 6.61 Å². The van der Waals surface area contributed by atoms with Crippen LogP contribution in [0.25, 0.3) is 0 Å². The quantitative estimate of drug-likeness (QED) is 0.268. The lowest BCUT2D eigenvalue weighted by Crippen LogP contribution is -2.43. The third-order valence-electron chi connectivity index (χ3n) is 3.75. The van der Waals surface area contributed by atoms with Crippen LogP contribution in [0.5, 0.6) is 0 Å². The minimum absolute atomic E-state index is 0.248. The largest absolute Gasteiger partial charge is 0.480 e. The maximum Gasteiger partial charge on any atom is 0.328 e. The van der Waals surface area contributed by atoms with Crippen molar-refractivity contribution < 1.29 is 19.8 Å². The molecule has 0 rings (SSSR count). The van der Waals surface area contributed by atoms with E-state index in [1.54, 1.807) is 0 Å². The summed E-state index contributed by atoms with van der Waals surface area (Å²) in [5, 5.41) is 19.9. The SMILES string of the molecule is CC/C=C\C/C=C\C/C=C\C/C=C\C/C=C\CCCC(=O)N[C@@H](CO)C(=O)O. The molecular formula is C23H35NO4. The highest BCUT2D eigenvalue weighted by Crippen LogP contribution is 2.00. The third-order valence-corrected chi connectivity index (χ3v) is 3.75. The van der Waals surface area contributed by atoms with Gasteiger partial charge in [-0.05, 0) is 44.9 Å². The highest BCUT2D eigenvalue weighted by Gasteiger charge is 2.17. The Hall–Kier alpha value is -2.40. The number of unbranched alkanes of at least 4 members (excludes halogenated alkanes) is 1. The van der Waals surface area contributed by atoms with Gasteiger partial charge in [-0.1, -0.05) is 67.7 Å². The molecule has 0 radical (unpaired) electrons. The van der Waals surface area contributed by atoms with Crippen LogP contribution in [-0.4, -0.2) is 34.7 Å². The van der Waals surface area contributed by atoms with Gasteiger partial charge in [0.2, 0.25) is 5.91 Å². The lowest BCUT2D eigenvalue weighted by Gasteiger charge is -2.10.